The number of hydrogen-bond donors (Lipinski definition) is 3. The molecule has 2 bridgehead atoms. The predicted molar refractivity (Wildman–Crippen MR) is 72.1 cm³/mol. The SMILES string of the molecule is NC(N)=Nc1nnc([C@@H]2CC[C@@H]3CN2C(=O)N3OS(=O)(=O)O)o1. The number of aliphatic imine (C=N–C) groups is 1. The minimum Gasteiger partial charge on any atom is -0.404 e. The Labute approximate surface area is 129 Å². The summed E-state index contributed by atoms with van der Waals surface area (Å²) in [6, 6.07) is -1.94. The Morgan fingerprint density at radius 1 is 1.39 bits per heavy atom. The molecule has 126 valence electrons. The maximum Gasteiger partial charge on any atom is 0.418 e. The van der Waals surface area contributed by atoms with Crippen LogP contribution in [0, 0.1) is 0 Å². The van der Waals surface area contributed by atoms with Gasteiger partial charge in [-0.3, -0.25) is 4.55 Å². The van der Waals surface area contributed by atoms with Crippen LogP contribution in [0.15, 0.2) is 9.41 Å². The summed E-state index contributed by atoms with van der Waals surface area (Å²) in [4.78, 5) is 17.1. The molecule has 0 aliphatic carbocycles. The van der Waals surface area contributed by atoms with Crippen molar-refractivity contribution >= 4 is 28.4 Å². The normalized spacial score (nSPS) is 24.1. The number of carbonyl (C=O) groups excluding carboxylic acids is 1. The molecule has 14 heteroatoms. The highest BCUT2D eigenvalue weighted by molar-refractivity contribution is 7.80. The van der Waals surface area contributed by atoms with Crippen LogP contribution in [-0.4, -0.2) is 57.7 Å². The highest BCUT2D eigenvalue weighted by atomic mass is 32.3. The molecule has 2 amide bonds. The molecule has 13 nitrogen and oxygen atoms in total. The van der Waals surface area contributed by atoms with Crippen LogP contribution in [0.25, 0.3) is 0 Å². The smallest absolute Gasteiger partial charge is 0.404 e. The predicted octanol–water partition coefficient (Wildman–Crippen LogP) is -1.35. The van der Waals surface area contributed by atoms with Gasteiger partial charge < -0.3 is 20.8 Å². The van der Waals surface area contributed by atoms with Crippen molar-refractivity contribution in [1.82, 2.24) is 20.2 Å². The highest BCUT2D eigenvalue weighted by Gasteiger charge is 2.49. The zero-order chi connectivity index (χ0) is 16.8. The van der Waals surface area contributed by atoms with Gasteiger partial charge in [0, 0.05) is 6.54 Å². The van der Waals surface area contributed by atoms with Gasteiger partial charge in [0.05, 0.1) is 6.04 Å². The Bertz CT molecular complexity index is 756. The first kappa shape index (κ1) is 15.4. The van der Waals surface area contributed by atoms with Crippen molar-refractivity contribution in [3.63, 3.8) is 0 Å². The fourth-order valence-electron chi connectivity index (χ4n) is 2.60. The minimum absolute atomic E-state index is 0.116. The van der Waals surface area contributed by atoms with E-state index in [4.69, 9.17) is 20.4 Å². The lowest BCUT2D eigenvalue weighted by atomic mass is 10.0. The van der Waals surface area contributed by atoms with Crippen LogP contribution < -0.4 is 11.5 Å². The van der Waals surface area contributed by atoms with E-state index in [0.717, 1.165) is 0 Å². The van der Waals surface area contributed by atoms with Crippen molar-refractivity contribution in [2.75, 3.05) is 6.54 Å². The number of nitrogens with zero attached hydrogens (tertiary/aromatic N) is 5. The minimum atomic E-state index is -4.79. The molecule has 2 aliphatic heterocycles. The molecule has 2 aliphatic rings. The van der Waals surface area contributed by atoms with Crippen LogP contribution in [0.1, 0.15) is 24.8 Å². The van der Waals surface area contributed by atoms with Crippen molar-refractivity contribution < 1.29 is 26.5 Å². The molecule has 0 aromatic carbocycles. The van der Waals surface area contributed by atoms with Crippen molar-refractivity contribution in [2.45, 2.75) is 24.9 Å². The maximum absolute atomic E-state index is 12.2. The summed E-state index contributed by atoms with van der Waals surface area (Å²) in [6.45, 7) is 0.193. The van der Waals surface area contributed by atoms with Crippen molar-refractivity contribution in [2.24, 2.45) is 16.5 Å². The first-order valence-corrected chi connectivity index (χ1v) is 7.81. The molecule has 2 fully saturated rings. The lowest BCUT2D eigenvalue weighted by Gasteiger charge is -2.27. The van der Waals surface area contributed by atoms with Crippen LogP contribution in [0.3, 0.4) is 0 Å². The number of piperidine rings is 1. The van der Waals surface area contributed by atoms with Crippen molar-refractivity contribution in [1.29, 1.82) is 0 Å². The summed E-state index contributed by atoms with van der Waals surface area (Å²) in [5, 5.41) is 8.05. The molecule has 0 unspecified atom stereocenters. The first-order chi connectivity index (χ1) is 10.7. The molecular weight excluding hydrogens is 334 g/mol. The van der Waals surface area contributed by atoms with Gasteiger partial charge in [0.2, 0.25) is 5.89 Å². The monoisotopic (exact) mass is 347 g/mol. The van der Waals surface area contributed by atoms with Crippen LogP contribution in [0.2, 0.25) is 0 Å². The Balaban J connectivity index is 1.81. The largest absolute Gasteiger partial charge is 0.418 e. The summed E-state index contributed by atoms with van der Waals surface area (Å²) < 4.78 is 40.0. The number of urea groups is 1. The second-order valence-corrected chi connectivity index (χ2v) is 5.97. The number of nitrogens with two attached hydrogens (primary N) is 2. The molecule has 0 radical (unpaired) electrons. The number of amides is 2. The zero-order valence-corrected chi connectivity index (χ0v) is 12.4. The lowest BCUT2D eigenvalue weighted by Crippen LogP contribution is -2.35. The van der Waals surface area contributed by atoms with E-state index in [9.17, 15) is 13.2 Å². The molecule has 2 atom stereocenters. The van der Waals surface area contributed by atoms with E-state index in [1.807, 2.05) is 0 Å². The van der Waals surface area contributed by atoms with E-state index in [1.165, 1.54) is 4.90 Å². The molecule has 3 rings (SSSR count). The third kappa shape index (κ3) is 3.03. The van der Waals surface area contributed by atoms with Crippen molar-refractivity contribution in [3.8, 4) is 0 Å². The van der Waals surface area contributed by atoms with Crippen LogP contribution in [0.5, 0.6) is 0 Å². The molecule has 2 saturated heterocycles. The molecule has 0 saturated carbocycles. The van der Waals surface area contributed by atoms with Crippen LogP contribution in [0.4, 0.5) is 10.8 Å². The van der Waals surface area contributed by atoms with Gasteiger partial charge in [0.1, 0.15) is 6.04 Å². The van der Waals surface area contributed by atoms with Gasteiger partial charge in [-0.15, -0.1) is 9.38 Å². The molecule has 3 heterocycles. The summed E-state index contributed by atoms with van der Waals surface area (Å²) in [5.41, 5.74) is 10.4. The average molecular weight is 347 g/mol. The Morgan fingerprint density at radius 2 is 2.13 bits per heavy atom. The van der Waals surface area contributed by atoms with Gasteiger partial charge in [-0.2, -0.15) is 18.5 Å². The van der Waals surface area contributed by atoms with Crippen LogP contribution in [-0.2, 0) is 14.7 Å². The summed E-state index contributed by atoms with van der Waals surface area (Å²) in [7, 11) is -4.79. The summed E-state index contributed by atoms with van der Waals surface area (Å²) >= 11 is 0. The quantitative estimate of drug-likeness (QED) is 0.333. The van der Waals surface area contributed by atoms with Gasteiger partial charge in [-0.05, 0) is 12.8 Å². The third-order valence-corrected chi connectivity index (χ3v) is 3.79. The summed E-state index contributed by atoms with van der Waals surface area (Å²) in [6.07, 6.45) is 0.855. The molecule has 5 N–H and O–H groups in total. The Morgan fingerprint density at radius 3 is 2.78 bits per heavy atom. The topological polar surface area (TPSA) is 190 Å². The second-order valence-electron chi connectivity index (χ2n) is 4.97. The van der Waals surface area contributed by atoms with E-state index in [-0.39, 0.29) is 24.4 Å². The third-order valence-electron chi connectivity index (χ3n) is 3.44. The molecule has 0 spiro atoms. The van der Waals surface area contributed by atoms with E-state index >= 15 is 0 Å². The highest BCUT2D eigenvalue weighted by Crippen LogP contribution is 2.38. The van der Waals surface area contributed by atoms with Crippen LogP contribution >= 0.6 is 0 Å². The number of carbonyl (C=O) groups is 1. The van der Waals surface area contributed by atoms with Gasteiger partial charge in [0.15, 0.2) is 5.96 Å². The maximum atomic E-state index is 12.2. The summed E-state index contributed by atoms with van der Waals surface area (Å²) in [5.74, 6) is -0.139. The number of guanidine groups is 1. The number of rotatable bonds is 4. The van der Waals surface area contributed by atoms with Gasteiger partial charge >= 0.3 is 22.4 Å². The van der Waals surface area contributed by atoms with Gasteiger partial charge in [-0.1, -0.05) is 5.10 Å². The molecular formula is C9H13N7O6S. The number of hydroxylamine groups is 2. The van der Waals surface area contributed by atoms with E-state index in [0.29, 0.717) is 17.9 Å². The standard InChI is InChI=1S/C9H13N7O6S/c10-7(11)12-8-14-13-6(21-8)5-2-1-4-3-15(5)9(17)16(4)22-23(18,19)20/h4-5H,1-3H2,(H,18,19,20)(H4,10,11,12,14)/t4-,5+/m1/s1. The lowest BCUT2D eigenvalue weighted by molar-refractivity contribution is -0.0317. The molecule has 23 heavy (non-hydrogen) atoms. The second kappa shape index (κ2) is 5.32. The fraction of sp³-hybridized carbons (Fsp3) is 0.556. The number of hydrogen-bond acceptors (Lipinski definition) is 8. The van der Waals surface area contributed by atoms with Gasteiger partial charge in [-0.25, -0.2) is 4.79 Å². The number of aromatic nitrogens is 2. The van der Waals surface area contributed by atoms with E-state index in [2.05, 4.69) is 19.5 Å². The van der Waals surface area contributed by atoms with Gasteiger partial charge in [0.25, 0.3) is 0 Å². The van der Waals surface area contributed by atoms with E-state index < -0.39 is 28.5 Å². The van der Waals surface area contributed by atoms with E-state index in [1.54, 1.807) is 0 Å². The first-order valence-electron chi connectivity index (χ1n) is 6.44. The van der Waals surface area contributed by atoms with Crippen molar-refractivity contribution in [3.05, 3.63) is 5.89 Å². The number of fused-ring (bicyclic) bond motifs is 2. The molecule has 1 aromatic heterocycles. The Hall–Kier alpha value is -2.45. The zero-order valence-electron chi connectivity index (χ0n) is 11.6. The average Bonchev–Trinajstić information content (AvgIpc) is 2.97. The fourth-order valence-corrected chi connectivity index (χ4v) is 2.99. The Kier molecular flexibility index (Phi) is 3.57. The molecule has 1 aromatic rings.